The zero-order valence-corrected chi connectivity index (χ0v) is 9.36. The SMILES string of the molecule is C1=CC2C[C@]3(C=CCC3C1)CCC1CC21. The van der Waals surface area contributed by atoms with Crippen molar-refractivity contribution in [2.45, 2.75) is 38.5 Å². The number of allylic oxidation sites excluding steroid dienone is 4. The highest BCUT2D eigenvalue weighted by Crippen LogP contribution is 2.61. The molecule has 80 valence electrons. The molecule has 0 aromatic rings. The van der Waals surface area contributed by atoms with Crippen LogP contribution in [0.3, 0.4) is 0 Å². The monoisotopic (exact) mass is 200 g/mol. The van der Waals surface area contributed by atoms with Crippen molar-refractivity contribution in [3.05, 3.63) is 24.3 Å². The van der Waals surface area contributed by atoms with Crippen LogP contribution in [0.25, 0.3) is 0 Å². The highest BCUT2D eigenvalue weighted by molar-refractivity contribution is 5.19. The summed E-state index contributed by atoms with van der Waals surface area (Å²) >= 11 is 0. The van der Waals surface area contributed by atoms with E-state index in [4.69, 9.17) is 0 Å². The molecule has 0 nitrogen and oxygen atoms in total. The molecule has 4 aliphatic carbocycles. The minimum absolute atomic E-state index is 0.627. The lowest BCUT2D eigenvalue weighted by Gasteiger charge is -2.34. The maximum atomic E-state index is 2.60. The fourth-order valence-corrected chi connectivity index (χ4v) is 4.59. The summed E-state index contributed by atoms with van der Waals surface area (Å²) in [6.45, 7) is 0. The van der Waals surface area contributed by atoms with Crippen LogP contribution in [0.4, 0.5) is 0 Å². The Balaban J connectivity index is 1.75. The van der Waals surface area contributed by atoms with Crippen LogP contribution >= 0.6 is 0 Å². The van der Waals surface area contributed by atoms with Gasteiger partial charge in [0.05, 0.1) is 0 Å². The normalized spacial score (nSPS) is 55.5. The van der Waals surface area contributed by atoms with Crippen LogP contribution in [0.5, 0.6) is 0 Å². The molecule has 0 aromatic carbocycles. The van der Waals surface area contributed by atoms with Crippen molar-refractivity contribution in [3.63, 3.8) is 0 Å². The van der Waals surface area contributed by atoms with Gasteiger partial charge in [-0.3, -0.25) is 0 Å². The first kappa shape index (κ1) is 8.61. The minimum Gasteiger partial charge on any atom is -0.0879 e. The third-order valence-electron chi connectivity index (χ3n) is 5.61. The lowest BCUT2D eigenvalue weighted by atomic mass is 9.70. The number of hydrogen-bond donors (Lipinski definition) is 0. The molecule has 0 aliphatic heterocycles. The Hall–Kier alpha value is -0.520. The predicted molar refractivity (Wildman–Crippen MR) is 62.4 cm³/mol. The van der Waals surface area contributed by atoms with E-state index in [9.17, 15) is 0 Å². The molecule has 0 aromatic heterocycles. The van der Waals surface area contributed by atoms with Gasteiger partial charge in [-0.25, -0.2) is 0 Å². The first-order chi connectivity index (χ1) is 7.37. The van der Waals surface area contributed by atoms with Gasteiger partial charge in [-0.2, -0.15) is 0 Å². The second kappa shape index (κ2) is 2.78. The van der Waals surface area contributed by atoms with E-state index in [-0.39, 0.29) is 0 Å². The zero-order valence-electron chi connectivity index (χ0n) is 9.36. The molecule has 0 heterocycles. The molecule has 5 atom stereocenters. The standard InChI is InChI=1S/C15H20/c1-3-12-10-15(7-2-5-13(15)4-1)8-6-11-9-14(11)12/h1-3,7,11-14H,4-6,8-10H2/t11?,12?,13?,14?,15-/m0/s1. The van der Waals surface area contributed by atoms with Crippen LogP contribution in [0, 0.1) is 29.1 Å². The number of hydrogen-bond acceptors (Lipinski definition) is 0. The molecule has 15 heavy (non-hydrogen) atoms. The second-order valence-electron chi connectivity index (χ2n) is 6.30. The Labute approximate surface area is 92.4 Å². The molecule has 4 aliphatic rings. The van der Waals surface area contributed by atoms with Gasteiger partial charge in [0.25, 0.3) is 0 Å². The summed E-state index contributed by atoms with van der Waals surface area (Å²) in [5, 5.41) is 0. The van der Waals surface area contributed by atoms with Crippen LogP contribution in [0.1, 0.15) is 38.5 Å². The Morgan fingerprint density at radius 2 is 2.07 bits per heavy atom. The molecule has 0 amide bonds. The Morgan fingerprint density at radius 1 is 1.13 bits per heavy atom. The van der Waals surface area contributed by atoms with Gasteiger partial charge in [-0.05, 0) is 67.6 Å². The van der Waals surface area contributed by atoms with Gasteiger partial charge in [0.1, 0.15) is 0 Å². The lowest BCUT2D eigenvalue weighted by molar-refractivity contribution is 0.200. The molecule has 4 unspecified atom stereocenters. The Morgan fingerprint density at radius 3 is 3.07 bits per heavy atom. The van der Waals surface area contributed by atoms with Crippen LogP contribution in [-0.4, -0.2) is 0 Å². The third-order valence-corrected chi connectivity index (χ3v) is 5.61. The van der Waals surface area contributed by atoms with Crippen molar-refractivity contribution in [3.8, 4) is 0 Å². The molecular weight excluding hydrogens is 180 g/mol. The zero-order chi connectivity index (χ0) is 9.88. The average Bonchev–Trinajstić information content (AvgIpc) is 2.96. The molecule has 0 saturated heterocycles. The van der Waals surface area contributed by atoms with E-state index < -0.39 is 0 Å². The topological polar surface area (TPSA) is 0 Å². The van der Waals surface area contributed by atoms with Crippen molar-refractivity contribution < 1.29 is 0 Å². The molecule has 0 radical (unpaired) electrons. The number of fused-ring (bicyclic) bond motifs is 3. The molecule has 0 heteroatoms. The van der Waals surface area contributed by atoms with E-state index >= 15 is 0 Å². The maximum absolute atomic E-state index is 2.60. The number of rotatable bonds is 0. The average molecular weight is 200 g/mol. The predicted octanol–water partition coefficient (Wildman–Crippen LogP) is 3.95. The molecule has 4 rings (SSSR count). The molecule has 2 bridgehead atoms. The van der Waals surface area contributed by atoms with E-state index in [0.29, 0.717) is 5.41 Å². The summed E-state index contributed by atoms with van der Waals surface area (Å²) in [6, 6.07) is 0. The van der Waals surface area contributed by atoms with Gasteiger partial charge in [0.15, 0.2) is 0 Å². The summed E-state index contributed by atoms with van der Waals surface area (Å²) in [4.78, 5) is 0. The highest BCUT2D eigenvalue weighted by Gasteiger charge is 2.51. The van der Waals surface area contributed by atoms with Crippen molar-refractivity contribution in [1.82, 2.24) is 0 Å². The summed E-state index contributed by atoms with van der Waals surface area (Å²) in [5.41, 5.74) is 0.627. The molecule has 2 saturated carbocycles. The first-order valence-corrected chi connectivity index (χ1v) is 6.72. The minimum atomic E-state index is 0.627. The highest BCUT2D eigenvalue weighted by atomic mass is 14.6. The van der Waals surface area contributed by atoms with Gasteiger partial charge in [0.2, 0.25) is 0 Å². The van der Waals surface area contributed by atoms with Crippen molar-refractivity contribution >= 4 is 0 Å². The lowest BCUT2D eigenvalue weighted by Crippen LogP contribution is -2.25. The van der Waals surface area contributed by atoms with E-state index in [1.54, 1.807) is 6.42 Å². The summed E-state index contributed by atoms with van der Waals surface area (Å²) in [6.07, 6.45) is 18.9. The molecule has 2 fully saturated rings. The summed E-state index contributed by atoms with van der Waals surface area (Å²) in [7, 11) is 0. The second-order valence-corrected chi connectivity index (χ2v) is 6.30. The van der Waals surface area contributed by atoms with Gasteiger partial charge >= 0.3 is 0 Å². The maximum Gasteiger partial charge on any atom is -0.00783 e. The Kier molecular flexibility index (Phi) is 1.60. The third kappa shape index (κ3) is 1.14. The van der Waals surface area contributed by atoms with Crippen LogP contribution in [0.15, 0.2) is 24.3 Å². The smallest absolute Gasteiger partial charge is 0.00783 e. The van der Waals surface area contributed by atoms with Crippen LogP contribution < -0.4 is 0 Å². The largest absolute Gasteiger partial charge is 0.0879 e. The fourth-order valence-electron chi connectivity index (χ4n) is 4.59. The van der Waals surface area contributed by atoms with Crippen LogP contribution in [-0.2, 0) is 0 Å². The quantitative estimate of drug-likeness (QED) is 0.519. The Bertz CT molecular complexity index is 338. The summed E-state index contributed by atoms with van der Waals surface area (Å²) in [5.74, 6) is 4.07. The first-order valence-electron chi connectivity index (χ1n) is 6.72. The molecular formula is C15H20. The van der Waals surface area contributed by atoms with Gasteiger partial charge < -0.3 is 0 Å². The van der Waals surface area contributed by atoms with Gasteiger partial charge in [0, 0.05) is 0 Å². The van der Waals surface area contributed by atoms with E-state index in [0.717, 1.165) is 23.7 Å². The van der Waals surface area contributed by atoms with Crippen molar-refractivity contribution in [2.24, 2.45) is 29.1 Å². The fraction of sp³-hybridized carbons (Fsp3) is 0.733. The van der Waals surface area contributed by atoms with E-state index in [1.165, 1.54) is 32.1 Å². The van der Waals surface area contributed by atoms with E-state index in [1.807, 2.05) is 0 Å². The summed E-state index contributed by atoms with van der Waals surface area (Å²) < 4.78 is 0. The van der Waals surface area contributed by atoms with Crippen LogP contribution in [0.2, 0.25) is 0 Å². The van der Waals surface area contributed by atoms with Gasteiger partial charge in [-0.1, -0.05) is 24.3 Å². The molecule has 1 spiro atoms. The van der Waals surface area contributed by atoms with Gasteiger partial charge in [-0.15, -0.1) is 0 Å². The van der Waals surface area contributed by atoms with Crippen molar-refractivity contribution in [2.75, 3.05) is 0 Å². The molecule has 0 N–H and O–H groups in total. The van der Waals surface area contributed by atoms with Crippen molar-refractivity contribution in [1.29, 1.82) is 0 Å². The van der Waals surface area contributed by atoms with E-state index in [2.05, 4.69) is 24.3 Å².